The summed E-state index contributed by atoms with van der Waals surface area (Å²) in [6.07, 6.45) is 0.0241. The fraction of sp³-hybridized carbons (Fsp3) is 0.500. The van der Waals surface area contributed by atoms with E-state index in [9.17, 15) is 14.4 Å². The van der Waals surface area contributed by atoms with E-state index in [2.05, 4.69) is 0 Å². The van der Waals surface area contributed by atoms with Gasteiger partial charge in [0.05, 0.1) is 0 Å². The minimum Gasteiger partial charge on any atom is -0.481 e. The Labute approximate surface area is 91.8 Å². The molecule has 0 aromatic carbocycles. The number of rotatable bonds is 3. The zero-order valence-corrected chi connectivity index (χ0v) is 9.48. The van der Waals surface area contributed by atoms with Crippen LogP contribution in [0.4, 0.5) is 0 Å². The van der Waals surface area contributed by atoms with E-state index in [1.807, 2.05) is 0 Å². The molecule has 1 aromatic heterocycles. The fourth-order valence-electron chi connectivity index (χ4n) is 1.53. The van der Waals surface area contributed by atoms with E-state index in [0.717, 1.165) is 4.57 Å². The van der Waals surface area contributed by atoms with Crippen molar-refractivity contribution in [2.24, 2.45) is 14.1 Å². The number of hydrogen-bond donors (Lipinski definition) is 1. The third-order valence-electron chi connectivity index (χ3n) is 2.67. The van der Waals surface area contributed by atoms with Crippen LogP contribution in [0.25, 0.3) is 0 Å². The Balaban J connectivity index is 3.35. The first-order valence-electron chi connectivity index (χ1n) is 4.83. The molecule has 88 valence electrons. The normalized spacial score (nSPS) is 10.4. The summed E-state index contributed by atoms with van der Waals surface area (Å²) in [7, 11) is 2.94. The van der Waals surface area contributed by atoms with Crippen LogP contribution in [0.3, 0.4) is 0 Å². The first kappa shape index (κ1) is 12.2. The average molecular weight is 226 g/mol. The van der Waals surface area contributed by atoms with Gasteiger partial charge in [-0.2, -0.15) is 0 Å². The van der Waals surface area contributed by atoms with Gasteiger partial charge in [-0.15, -0.1) is 0 Å². The summed E-state index contributed by atoms with van der Waals surface area (Å²) < 4.78 is 2.34. The van der Waals surface area contributed by atoms with Crippen LogP contribution in [0, 0.1) is 6.92 Å². The van der Waals surface area contributed by atoms with Crippen LogP contribution in [0.15, 0.2) is 9.59 Å². The number of aliphatic carboxylic acids is 1. The third-order valence-corrected chi connectivity index (χ3v) is 2.67. The molecule has 1 aromatic rings. The molecule has 0 aliphatic rings. The van der Waals surface area contributed by atoms with Crippen molar-refractivity contribution < 1.29 is 9.90 Å². The highest BCUT2D eigenvalue weighted by Gasteiger charge is 2.12. The smallest absolute Gasteiger partial charge is 0.330 e. The molecule has 0 bridgehead atoms. The van der Waals surface area contributed by atoms with E-state index >= 15 is 0 Å². The summed E-state index contributed by atoms with van der Waals surface area (Å²) in [6, 6.07) is 0. The molecule has 0 unspecified atom stereocenters. The third kappa shape index (κ3) is 2.05. The highest BCUT2D eigenvalue weighted by molar-refractivity contribution is 5.67. The molecular weight excluding hydrogens is 212 g/mol. The zero-order chi connectivity index (χ0) is 12.5. The monoisotopic (exact) mass is 226 g/mol. The van der Waals surface area contributed by atoms with Gasteiger partial charge in [-0.05, 0) is 13.3 Å². The molecule has 0 fully saturated rings. The molecule has 1 N–H and O–H groups in total. The quantitative estimate of drug-likeness (QED) is 0.746. The molecule has 0 aliphatic heterocycles. The number of aromatic nitrogens is 2. The molecule has 0 saturated carbocycles. The second-order valence-electron chi connectivity index (χ2n) is 3.66. The Morgan fingerprint density at radius 1 is 1.25 bits per heavy atom. The van der Waals surface area contributed by atoms with Gasteiger partial charge >= 0.3 is 11.7 Å². The van der Waals surface area contributed by atoms with E-state index in [-0.39, 0.29) is 12.8 Å². The summed E-state index contributed by atoms with van der Waals surface area (Å²) in [4.78, 5) is 33.7. The molecule has 1 rings (SSSR count). The Hall–Kier alpha value is -1.85. The largest absolute Gasteiger partial charge is 0.481 e. The Morgan fingerprint density at radius 3 is 2.31 bits per heavy atom. The molecular formula is C10H14N2O4. The van der Waals surface area contributed by atoms with E-state index in [4.69, 9.17) is 5.11 Å². The fourth-order valence-corrected chi connectivity index (χ4v) is 1.53. The van der Waals surface area contributed by atoms with Crippen molar-refractivity contribution in [1.82, 2.24) is 9.13 Å². The Kier molecular flexibility index (Phi) is 3.31. The number of hydrogen-bond acceptors (Lipinski definition) is 3. The second-order valence-corrected chi connectivity index (χ2v) is 3.66. The number of carbonyl (C=O) groups is 1. The van der Waals surface area contributed by atoms with Crippen LogP contribution in [0.5, 0.6) is 0 Å². The van der Waals surface area contributed by atoms with Crippen molar-refractivity contribution >= 4 is 5.97 Å². The standard InChI is InChI=1S/C10H14N2O4/c1-6-7(4-5-8(13)14)9(15)12(3)10(16)11(6)2/h4-5H2,1-3H3,(H,13,14). The minimum absolute atomic E-state index is 0.117. The molecule has 6 heteroatoms. The lowest BCUT2D eigenvalue weighted by molar-refractivity contribution is -0.136. The summed E-state index contributed by atoms with van der Waals surface area (Å²) >= 11 is 0. The minimum atomic E-state index is -0.963. The van der Waals surface area contributed by atoms with Crippen LogP contribution in [0.2, 0.25) is 0 Å². The lowest BCUT2D eigenvalue weighted by Gasteiger charge is -2.10. The molecule has 0 radical (unpaired) electrons. The van der Waals surface area contributed by atoms with Crippen molar-refractivity contribution in [3.8, 4) is 0 Å². The van der Waals surface area contributed by atoms with Crippen LogP contribution in [0.1, 0.15) is 17.7 Å². The van der Waals surface area contributed by atoms with Gasteiger partial charge in [0.2, 0.25) is 0 Å². The van der Waals surface area contributed by atoms with E-state index in [1.165, 1.54) is 11.6 Å². The second kappa shape index (κ2) is 4.34. The van der Waals surface area contributed by atoms with Crippen LogP contribution in [-0.4, -0.2) is 20.2 Å². The maximum Gasteiger partial charge on any atom is 0.330 e. The number of nitrogens with zero attached hydrogens (tertiary/aromatic N) is 2. The van der Waals surface area contributed by atoms with Gasteiger partial charge in [-0.25, -0.2) is 4.79 Å². The molecule has 1 heterocycles. The SMILES string of the molecule is Cc1c(CCC(=O)O)c(=O)n(C)c(=O)n1C. The topological polar surface area (TPSA) is 81.3 Å². The molecule has 0 spiro atoms. The van der Waals surface area contributed by atoms with Crippen molar-refractivity contribution in [2.75, 3.05) is 0 Å². The van der Waals surface area contributed by atoms with Gasteiger partial charge in [0, 0.05) is 31.8 Å². The van der Waals surface area contributed by atoms with E-state index in [0.29, 0.717) is 11.3 Å². The lowest BCUT2D eigenvalue weighted by atomic mass is 10.1. The highest BCUT2D eigenvalue weighted by atomic mass is 16.4. The van der Waals surface area contributed by atoms with E-state index in [1.54, 1.807) is 14.0 Å². The van der Waals surface area contributed by atoms with Crippen LogP contribution < -0.4 is 11.2 Å². The average Bonchev–Trinajstić information content (AvgIpc) is 2.23. The van der Waals surface area contributed by atoms with Gasteiger partial charge in [0.1, 0.15) is 0 Å². The van der Waals surface area contributed by atoms with Gasteiger partial charge in [0.25, 0.3) is 5.56 Å². The molecule has 6 nitrogen and oxygen atoms in total. The van der Waals surface area contributed by atoms with Gasteiger partial charge in [-0.3, -0.25) is 14.2 Å². The van der Waals surface area contributed by atoms with Crippen molar-refractivity contribution in [3.05, 3.63) is 32.1 Å². The van der Waals surface area contributed by atoms with Gasteiger partial charge in [-0.1, -0.05) is 0 Å². The maximum atomic E-state index is 11.7. The first-order valence-corrected chi connectivity index (χ1v) is 4.83. The Bertz CT molecular complexity index is 539. The van der Waals surface area contributed by atoms with Crippen molar-refractivity contribution in [3.63, 3.8) is 0 Å². The Morgan fingerprint density at radius 2 is 1.81 bits per heavy atom. The summed E-state index contributed by atoms with van der Waals surface area (Å²) in [5.74, 6) is -0.963. The maximum absolute atomic E-state index is 11.7. The predicted molar refractivity (Wildman–Crippen MR) is 57.6 cm³/mol. The molecule has 16 heavy (non-hydrogen) atoms. The predicted octanol–water partition coefficient (Wildman–Crippen LogP) is -0.590. The highest BCUT2D eigenvalue weighted by Crippen LogP contribution is 2.02. The summed E-state index contributed by atoms with van der Waals surface area (Å²) in [6.45, 7) is 1.64. The number of carboxylic acid groups (broad SMARTS) is 1. The van der Waals surface area contributed by atoms with Crippen LogP contribution in [-0.2, 0) is 25.3 Å². The molecule has 0 amide bonds. The van der Waals surface area contributed by atoms with Gasteiger partial charge < -0.3 is 9.67 Å². The first-order chi connectivity index (χ1) is 7.36. The van der Waals surface area contributed by atoms with Crippen molar-refractivity contribution in [1.29, 1.82) is 0 Å². The molecule has 0 aliphatic carbocycles. The lowest BCUT2D eigenvalue weighted by Crippen LogP contribution is -2.40. The van der Waals surface area contributed by atoms with Crippen molar-refractivity contribution in [2.45, 2.75) is 19.8 Å². The zero-order valence-electron chi connectivity index (χ0n) is 9.48. The number of carboxylic acids is 1. The van der Waals surface area contributed by atoms with Gasteiger partial charge in [0.15, 0.2) is 0 Å². The molecule has 0 saturated heterocycles. The summed E-state index contributed by atoms with van der Waals surface area (Å²) in [5.41, 5.74) is 0.0878. The van der Waals surface area contributed by atoms with Crippen LogP contribution >= 0.6 is 0 Å². The summed E-state index contributed by atoms with van der Waals surface area (Å²) in [5, 5.41) is 8.57. The van der Waals surface area contributed by atoms with E-state index < -0.39 is 17.2 Å². The molecule has 0 atom stereocenters.